The van der Waals surface area contributed by atoms with E-state index in [1.54, 1.807) is 0 Å². The van der Waals surface area contributed by atoms with Crippen molar-refractivity contribution in [3.63, 3.8) is 0 Å². The van der Waals surface area contributed by atoms with Crippen LogP contribution in [0.1, 0.15) is 43.0 Å². The maximum Gasteiger partial charge on any atom is 0.419 e. The van der Waals surface area contributed by atoms with Crippen molar-refractivity contribution in [2.45, 2.75) is 44.8 Å². The van der Waals surface area contributed by atoms with Crippen LogP contribution in [0, 0.1) is 12.8 Å². The molecule has 7 nitrogen and oxygen atoms in total. The van der Waals surface area contributed by atoms with Crippen molar-refractivity contribution in [3.8, 4) is 5.75 Å². The van der Waals surface area contributed by atoms with Crippen LogP contribution in [0.5, 0.6) is 5.75 Å². The standard InChI is InChI=1S/C13H21N3O2.C6H4ClF3N2/c1-9-12(18-8-10-5-6-17-7-10)13(14)16(15-9)11-3-2-4-11;7-5-1-4(11)3(2-12-5)6(8,9)10/h10-11H,2-8,14H2,1H3;1-2H,(H2,11,12). The molecule has 4 N–H and O–H groups in total. The summed E-state index contributed by atoms with van der Waals surface area (Å²) in [4.78, 5) is 3.27. The number of nitrogens with zero attached hydrogens (tertiary/aromatic N) is 3. The molecule has 30 heavy (non-hydrogen) atoms. The number of ether oxygens (including phenoxy) is 2. The number of anilines is 2. The van der Waals surface area contributed by atoms with Gasteiger partial charge in [-0.25, -0.2) is 9.67 Å². The first-order valence-corrected chi connectivity index (χ1v) is 10.1. The predicted molar refractivity (Wildman–Crippen MR) is 107 cm³/mol. The highest BCUT2D eigenvalue weighted by molar-refractivity contribution is 6.29. The quantitative estimate of drug-likeness (QED) is 0.679. The van der Waals surface area contributed by atoms with Gasteiger partial charge in [-0.1, -0.05) is 11.6 Å². The van der Waals surface area contributed by atoms with Gasteiger partial charge in [-0.05, 0) is 38.7 Å². The molecule has 0 spiro atoms. The Kier molecular flexibility index (Phi) is 6.97. The van der Waals surface area contributed by atoms with E-state index in [0.717, 1.165) is 37.1 Å². The number of halogens is 4. The van der Waals surface area contributed by atoms with Crippen LogP contribution >= 0.6 is 11.6 Å². The third kappa shape index (κ3) is 5.28. The highest BCUT2D eigenvalue weighted by Crippen LogP contribution is 2.37. The van der Waals surface area contributed by atoms with Crippen molar-refractivity contribution < 1.29 is 22.6 Å². The highest BCUT2D eigenvalue weighted by atomic mass is 35.5. The molecule has 11 heteroatoms. The normalized spacial score (nSPS) is 19.2. The first-order chi connectivity index (χ1) is 14.2. The van der Waals surface area contributed by atoms with Gasteiger partial charge < -0.3 is 20.9 Å². The van der Waals surface area contributed by atoms with Crippen LogP contribution in [0.3, 0.4) is 0 Å². The SMILES string of the molecule is Cc1nn(C2CCC2)c(N)c1OCC1CCOC1.Nc1cc(Cl)ncc1C(F)(F)F. The molecule has 2 aromatic rings. The molecule has 0 radical (unpaired) electrons. The van der Waals surface area contributed by atoms with Crippen molar-refractivity contribution >= 4 is 23.1 Å². The molecule has 4 rings (SSSR count). The fourth-order valence-corrected chi connectivity index (χ4v) is 3.40. The van der Waals surface area contributed by atoms with Gasteiger partial charge in [0.05, 0.1) is 24.8 Å². The van der Waals surface area contributed by atoms with Crippen LogP contribution in [0.25, 0.3) is 0 Å². The molecular weight excluding hydrogens is 423 g/mol. The minimum Gasteiger partial charge on any atom is -0.487 e. The average Bonchev–Trinajstić information content (AvgIpc) is 3.20. The molecule has 0 aromatic carbocycles. The van der Waals surface area contributed by atoms with Crippen molar-refractivity contribution in [2.24, 2.45) is 5.92 Å². The van der Waals surface area contributed by atoms with E-state index in [0.29, 0.717) is 30.6 Å². The van der Waals surface area contributed by atoms with Gasteiger partial charge >= 0.3 is 6.18 Å². The highest BCUT2D eigenvalue weighted by Gasteiger charge is 2.33. The van der Waals surface area contributed by atoms with Crippen molar-refractivity contribution in [1.82, 2.24) is 14.8 Å². The Hall–Kier alpha value is -2.20. The van der Waals surface area contributed by atoms with Crippen LogP contribution < -0.4 is 16.2 Å². The zero-order chi connectivity index (χ0) is 21.9. The lowest BCUT2D eigenvalue weighted by Crippen LogP contribution is -2.20. The maximum absolute atomic E-state index is 12.0. The van der Waals surface area contributed by atoms with Crippen molar-refractivity contribution in [1.29, 1.82) is 0 Å². The van der Waals surface area contributed by atoms with Gasteiger partial charge in [-0.2, -0.15) is 18.3 Å². The first kappa shape index (κ1) is 22.5. The second-order valence-electron chi connectivity index (χ2n) is 7.46. The Balaban J connectivity index is 0.000000187. The van der Waals surface area contributed by atoms with E-state index >= 15 is 0 Å². The summed E-state index contributed by atoms with van der Waals surface area (Å²) in [7, 11) is 0. The lowest BCUT2D eigenvalue weighted by Gasteiger charge is -2.26. The van der Waals surface area contributed by atoms with E-state index in [1.165, 1.54) is 19.3 Å². The van der Waals surface area contributed by atoms with Crippen molar-refractivity contribution in [2.75, 3.05) is 31.3 Å². The second-order valence-corrected chi connectivity index (χ2v) is 7.85. The molecular formula is C19H25ClF3N5O2. The monoisotopic (exact) mass is 447 g/mol. The Morgan fingerprint density at radius 3 is 2.57 bits per heavy atom. The molecule has 2 aliphatic rings. The van der Waals surface area contributed by atoms with E-state index in [1.807, 2.05) is 11.6 Å². The van der Waals surface area contributed by atoms with Gasteiger partial charge in [0, 0.05) is 24.4 Å². The molecule has 0 bridgehead atoms. The number of hydrogen-bond acceptors (Lipinski definition) is 6. The van der Waals surface area contributed by atoms with E-state index in [9.17, 15) is 13.2 Å². The number of nitrogen functional groups attached to an aromatic ring is 2. The Bertz CT molecular complexity index is 865. The molecule has 2 fully saturated rings. The zero-order valence-electron chi connectivity index (χ0n) is 16.6. The minimum atomic E-state index is -4.47. The number of hydrogen-bond donors (Lipinski definition) is 2. The lowest BCUT2D eigenvalue weighted by molar-refractivity contribution is -0.137. The summed E-state index contributed by atoms with van der Waals surface area (Å²) in [6.45, 7) is 4.30. The lowest BCUT2D eigenvalue weighted by atomic mass is 9.93. The Morgan fingerprint density at radius 1 is 1.30 bits per heavy atom. The van der Waals surface area contributed by atoms with Crippen LogP contribution in [0.15, 0.2) is 12.3 Å². The second kappa shape index (κ2) is 9.30. The van der Waals surface area contributed by atoms with Gasteiger partial charge in [-0.15, -0.1) is 0 Å². The van der Waals surface area contributed by atoms with Crippen LogP contribution in [-0.4, -0.2) is 34.6 Å². The molecule has 1 unspecified atom stereocenters. The van der Waals surface area contributed by atoms with Crippen LogP contribution in [0.2, 0.25) is 5.15 Å². The molecule has 1 atom stereocenters. The fraction of sp³-hybridized carbons (Fsp3) is 0.579. The Morgan fingerprint density at radius 2 is 2.03 bits per heavy atom. The largest absolute Gasteiger partial charge is 0.487 e. The molecule has 1 saturated heterocycles. The van der Waals surface area contributed by atoms with Gasteiger partial charge in [0.25, 0.3) is 0 Å². The predicted octanol–water partition coefficient (Wildman–Crippen LogP) is 4.25. The molecule has 1 aliphatic heterocycles. The van der Waals surface area contributed by atoms with Crippen LogP contribution in [0.4, 0.5) is 24.7 Å². The zero-order valence-corrected chi connectivity index (χ0v) is 17.3. The number of nitrogens with two attached hydrogens (primary N) is 2. The molecule has 2 aromatic heterocycles. The van der Waals surface area contributed by atoms with Gasteiger partial charge in [-0.3, -0.25) is 0 Å². The van der Waals surface area contributed by atoms with Gasteiger partial charge in [0.1, 0.15) is 10.8 Å². The molecule has 166 valence electrons. The number of rotatable bonds is 4. The molecule has 0 amide bonds. The topological polar surface area (TPSA) is 101 Å². The molecule has 1 aliphatic carbocycles. The third-order valence-electron chi connectivity index (χ3n) is 5.18. The minimum absolute atomic E-state index is 0.0551. The van der Waals surface area contributed by atoms with E-state index in [-0.39, 0.29) is 5.15 Å². The number of pyridine rings is 1. The summed E-state index contributed by atoms with van der Waals surface area (Å²) < 4.78 is 49.2. The number of aromatic nitrogens is 3. The summed E-state index contributed by atoms with van der Waals surface area (Å²) in [6.07, 6.45) is 0.857. The molecule has 3 heterocycles. The summed E-state index contributed by atoms with van der Waals surface area (Å²) in [5.74, 6) is 1.96. The van der Waals surface area contributed by atoms with Crippen LogP contribution in [-0.2, 0) is 10.9 Å². The van der Waals surface area contributed by atoms with Crippen molar-refractivity contribution in [3.05, 3.63) is 28.7 Å². The van der Waals surface area contributed by atoms with Gasteiger partial charge in [0.15, 0.2) is 11.6 Å². The number of alkyl halides is 3. The fourth-order valence-electron chi connectivity index (χ4n) is 3.24. The summed E-state index contributed by atoms with van der Waals surface area (Å²) >= 11 is 5.31. The average molecular weight is 448 g/mol. The summed E-state index contributed by atoms with van der Waals surface area (Å²) in [5, 5.41) is 4.46. The van der Waals surface area contributed by atoms with Gasteiger partial charge in [0.2, 0.25) is 0 Å². The van der Waals surface area contributed by atoms with E-state index < -0.39 is 17.4 Å². The van der Waals surface area contributed by atoms with E-state index in [2.05, 4.69) is 10.1 Å². The number of aryl methyl sites for hydroxylation is 1. The van der Waals surface area contributed by atoms with E-state index in [4.69, 9.17) is 32.5 Å². The third-order valence-corrected chi connectivity index (χ3v) is 5.39. The summed E-state index contributed by atoms with van der Waals surface area (Å²) in [6, 6.07) is 1.44. The molecule has 1 saturated carbocycles. The smallest absolute Gasteiger partial charge is 0.419 e. The first-order valence-electron chi connectivity index (χ1n) is 9.70. The summed E-state index contributed by atoms with van der Waals surface area (Å²) in [5.41, 5.74) is 10.7. The maximum atomic E-state index is 12.0. The Labute approximate surface area is 177 Å².